The van der Waals surface area contributed by atoms with Crippen molar-refractivity contribution in [1.29, 1.82) is 0 Å². The molecule has 1 aromatic carbocycles. The van der Waals surface area contributed by atoms with Gasteiger partial charge in [0.2, 0.25) is 5.95 Å². The van der Waals surface area contributed by atoms with Crippen molar-refractivity contribution in [3.8, 4) is 0 Å². The third-order valence-electron chi connectivity index (χ3n) is 3.85. The van der Waals surface area contributed by atoms with Gasteiger partial charge in [-0.2, -0.15) is 4.98 Å². The van der Waals surface area contributed by atoms with Gasteiger partial charge in [0, 0.05) is 18.8 Å². The normalized spacial score (nSPS) is 19.1. The van der Waals surface area contributed by atoms with Crippen LogP contribution in [0.15, 0.2) is 36.5 Å². The van der Waals surface area contributed by atoms with Gasteiger partial charge in [-0.25, -0.2) is 17.8 Å². The SMILES string of the molecule is O=S1(=O)CCC(Nc2ccnc(NCCc3ccc(F)cc3)n2)C1. The lowest BCUT2D eigenvalue weighted by molar-refractivity contribution is 0.602. The summed E-state index contributed by atoms with van der Waals surface area (Å²) in [6.07, 6.45) is 2.95. The predicted octanol–water partition coefficient (Wildman–Crippen LogP) is 1.87. The fourth-order valence-corrected chi connectivity index (χ4v) is 4.29. The molecule has 1 unspecified atom stereocenters. The van der Waals surface area contributed by atoms with Gasteiger partial charge < -0.3 is 10.6 Å². The van der Waals surface area contributed by atoms with Gasteiger partial charge in [-0.3, -0.25) is 0 Å². The molecule has 6 nitrogen and oxygen atoms in total. The summed E-state index contributed by atoms with van der Waals surface area (Å²) in [7, 11) is -2.92. The van der Waals surface area contributed by atoms with Gasteiger partial charge in [-0.1, -0.05) is 12.1 Å². The Balaban J connectivity index is 1.52. The highest BCUT2D eigenvalue weighted by atomic mass is 32.2. The number of nitrogens with zero attached hydrogens (tertiary/aromatic N) is 2. The summed E-state index contributed by atoms with van der Waals surface area (Å²) in [6, 6.07) is 7.98. The fraction of sp³-hybridized carbons (Fsp3) is 0.375. The first kappa shape index (κ1) is 16.6. The average Bonchev–Trinajstić information content (AvgIpc) is 2.88. The number of benzene rings is 1. The minimum absolute atomic E-state index is 0.100. The van der Waals surface area contributed by atoms with Crippen LogP contribution in [0.1, 0.15) is 12.0 Å². The van der Waals surface area contributed by atoms with E-state index in [1.807, 2.05) is 0 Å². The smallest absolute Gasteiger partial charge is 0.224 e. The van der Waals surface area contributed by atoms with E-state index in [4.69, 9.17) is 0 Å². The van der Waals surface area contributed by atoms with E-state index in [0.717, 1.165) is 12.0 Å². The molecule has 24 heavy (non-hydrogen) atoms. The Labute approximate surface area is 140 Å². The molecular formula is C16H19FN4O2S. The highest BCUT2D eigenvalue weighted by molar-refractivity contribution is 7.91. The monoisotopic (exact) mass is 350 g/mol. The van der Waals surface area contributed by atoms with Crippen LogP contribution in [-0.2, 0) is 16.3 Å². The van der Waals surface area contributed by atoms with Gasteiger partial charge in [0.05, 0.1) is 11.5 Å². The lowest BCUT2D eigenvalue weighted by atomic mass is 10.1. The summed E-state index contributed by atoms with van der Waals surface area (Å²) in [4.78, 5) is 8.49. The van der Waals surface area contributed by atoms with E-state index in [1.165, 1.54) is 12.1 Å². The summed E-state index contributed by atoms with van der Waals surface area (Å²) in [5, 5.41) is 6.25. The zero-order valence-corrected chi connectivity index (χ0v) is 13.9. The molecule has 0 spiro atoms. The highest BCUT2D eigenvalue weighted by Crippen LogP contribution is 2.16. The van der Waals surface area contributed by atoms with Crippen molar-refractivity contribution in [2.75, 3.05) is 28.7 Å². The molecule has 2 aromatic rings. The molecule has 1 aromatic heterocycles. The van der Waals surface area contributed by atoms with Crippen LogP contribution in [0.5, 0.6) is 0 Å². The van der Waals surface area contributed by atoms with E-state index >= 15 is 0 Å². The maximum atomic E-state index is 12.9. The zero-order valence-electron chi connectivity index (χ0n) is 13.1. The number of rotatable bonds is 6. The van der Waals surface area contributed by atoms with Gasteiger partial charge in [0.25, 0.3) is 0 Å². The Morgan fingerprint density at radius 1 is 1.21 bits per heavy atom. The molecule has 0 amide bonds. The van der Waals surface area contributed by atoms with Crippen molar-refractivity contribution in [3.63, 3.8) is 0 Å². The topological polar surface area (TPSA) is 84.0 Å². The number of halogens is 1. The number of anilines is 2. The fourth-order valence-electron chi connectivity index (χ4n) is 2.61. The molecule has 1 fully saturated rings. The van der Waals surface area contributed by atoms with Crippen molar-refractivity contribution < 1.29 is 12.8 Å². The van der Waals surface area contributed by atoms with E-state index < -0.39 is 9.84 Å². The van der Waals surface area contributed by atoms with Crippen LogP contribution in [0.4, 0.5) is 16.2 Å². The maximum Gasteiger partial charge on any atom is 0.224 e. The molecule has 3 rings (SSSR count). The Bertz CT molecular complexity index is 796. The zero-order chi connectivity index (χ0) is 17.0. The first-order valence-corrected chi connectivity index (χ1v) is 9.61. The van der Waals surface area contributed by atoms with Crippen molar-refractivity contribution in [2.45, 2.75) is 18.9 Å². The van der Waals surface area contributed by atoms with E-state index in [2.05, 4.69) is 20.6 Å². The van der Waals surface area contributed by atoms with Crippen molar-refractivity contribution in [2.24, 2.45) is 0 Å². The Hall–Kier alpha value is -2.22. The lowest BCUT2D eigenvalue weighted by Gasteiger charge is -2.12. The first-order valence-electron chi connectivity index (χ1n) is 7.78. The van der Waals surface area contributed by atoms with Crippen LogP contribution in [0, 0.1) is 5.82 Å². The number of sulfone groups is 1. The second-order valence-corrected chi connectivity index (χ2v) is 8.04. The van der Waals surface area contributed by atoms with E-state index in [1.54, 1.807) is 24.4 Å². The standard InChI is InChI=1S/C16H19FN4O2S/c17-13-3-1-12(2-4-13)5-8-18-16-19-9-6-15(21-16)20-14-7-10-24(22,23)11-14/h1-4,6,9,14H,5,7-8,10-11H2,(H2,18,19,20,21). The first-order chi connectivity index (χ1) is 11.5. The Kier molecular flexibility index (Phi) is 4.94. The second kappa shape index (κ2) is 7.12. The van der Waals surface area contributed by atoms with Crippen molar-refractivity contribution >= 4 is 21.6 Å². The summed E-state index contributed by atoms with van der Waals surface area (Å²) >= 11 is 0. The number of nitrogens with one attached hydrogen (secondary N) is 2. The molecule has 2 heterocycles. The van der Waals surface area contributed by atoms with Crippen LogP contribution in [0.3, 0.4) is 0 Å². The van der Waals surface area contributed by atoms with E-state index in [0.29, 0.717) is 24.7 Å². The molecule has 128 valence electrons. The van der Waals surface area contributed by atoms with Gasteiger partial charge in [-0.15, -0.1) is 0 Å². The predicted molar refractivity (Wildman–Crippen MR) is 91.3 cm³/mol. The van der Waals surface area contributed by atoms with E-state index in [-0.39, 0.29) is 23.4 Å². The molecule has 1 saturated heterocycles. The Morgan fingerprint density at radius 3 is 2.71 bits per heavy atom. The quantitative estimate of drug-likeness (QED) is 0.827. The van der Waals surface area contributed by atoms with Gasteiger partial charge in [0.1, 0.15) is 11.6 Å². The molecule has 1 aliphatic heterocycles. The molecular weight excluding hydrogens is 331 g/mol. The number of aromatic nitrogens is 2. The summed E-state index contributed by atoms with van der Waals surface area (Å²) in [6.45, 7) is 0.618. The largest absolute Gasteiger partial charge is 0.366 e. The lowest BCUT2D eigenvalue weighted by Crippen LogP contribution is -2.21. The minimum atomic E-state index is -2.92. The molecule has 8 heteroatoms. The summed E-state index contributed by atoms with van der Waals surface area (Å²) in [5.74, 6) is 1.20. The van der Waals surface area contributed by atoms with Crippen LogP contribution in [-0.4, -0.2) is 42.5 Å². The third kappa shape index (κ3) is 4.64. The second-order valence-electron chi connectivity index (χ2n) is 5.81. The molecule has 1 aliphatic rings. The molecule has 1 atom stereocenters. The molecule has 0 bridgehead atoms. The summed E-state index contributed by atoms with van der Waals surface area (Å²) in [5.41, 5.74) is 1.02. The van der Waals surface area contributed by atoms with Gasteiger partial charge in [0.15, 0.2) is 9.84 Å². The minimum Gasteiger partial charge on any atom is -0.366 e. The number of hydrogen-bond acceptors (Lipinski definition) is 6. The molecule has 0 aliphatic carbocycles. The average molecular weight is 350 g/mol. The van der Waals surface area contributed by atoms with Crippen molar-refractivity contribution in [1.82, 2.24) is 9.97 Å². The molecule has 2 N–H and O–H groups in total. The van der Waals surface area contributed by atoms with E-state index in [9.17, 15) is 12.8 Å². The summed E-state index contributed by atoms with van der Waals surface area (Å²) < 4.78 is 35.8. The van der Waals surface area contributed by atoms with Crippen LogP contribution in [0.2, 0.25) is 0 Å². The van der Waals surface area contributed by atoms with Crippen LogP contribution >= 0.6 is 0 Å². The van der Waals surface area contributed by atoms with Crippen molar-refractivity contribution in [3.05, 3.63) is 47.9 Å². The van der Waals surface area contributed by atoms with Crippen LogP contribution < -0.4 is 10.6 Å². The number of hydrogen-bond donors (Lipinski definition) is 2. The molecule has 0 radical (unpaired) electrons. The van der Waals surface area contributed by atoms with Crippen LogP contribution in [0.25, 0.3) is 0 Å². The molecule has 0 saturated carbocycles. The highest BCUT2D eigenvalue weighted by Gasteiger charge is 2.27. The maximum absolute atomic E-state index is 12.9. The van der Waals surface area contributed by atoms with Gasteiger partial charge in [-0.05, 0) is 36.6 Å². The van der Waals surface area contributed by atoms with Gasteiger partial charge >= 0.3 is 0 Å². The Morgan fingerprint density at radius 2 is 2.00 bits per heavy atom. The third-order valence-corrected chi connectivity index (χ3v) is 5.62.